The molecule has 1 amide bonds. The van der Waals surface area contributed by atoms with E-state index in [4.69, 9.17) is 9.26 Å². The van der Waals surface area contributed by atoms with E-state index in [1.54, 1.807) is 22.7 Å². The molecule has 3 heterocycles. The second kappa shape index (κ2) is 8.62. The van der Waals surface area contributed by atoms with Gasteiger partial charge < -0.3 is 14.2 Å². The van der Waals surface area contributed by atoms with E-state index in [1.807, 2.05) is 60.7 Å². The monoisotopic (exact) mass is 430 g/mol. The van der Waals surface area contributed by atoms with Gasteiger partial charge in [-0.25, -0.2) is 4.68 Å². The highest BCUT2D eigenvalue weighted by atomic mass is 16.5. The van der Waals surface area contributed by atoms with E-state index < -0.39 is 6.10 Å². The third-order valence-corrected chi connectivity index (χ3v) is 5.44. The molecule has 0 bridgehead atoms. The molecule has 1 aliphatic heterocycles. The summed E-state index contributed by atoms with van der Waals surface area (Å²) in [5.74, 6) is 1.45. The minimum atomic E-state index is -0.558. The number of amides is 1. The molecule has 0 N–H and O–H groups in total. The van der Waals surface area contributed by atoms with E-state index in [2.05, 4.69) is 20.5 Å². The molecule has 2 atom stereocenters. The van der Waals surface area contributed by atoms with Crippen LogP contribution in [0.2, 0.25) is 0 Å². The third-order valence-electron chi connectivity index (χ3n) is 5.44. The summed E-state index contributed by atoms with van der Waals surface area (Å²) in [7, 11) is 0. The molecule has 32 heavy (non-hydrogen) atoms. The zero-order valence-corrected chi connectivity index (χ0v) is 17.5. The third kappa shape index (κ3) is 4.09. The standard InChI is InChI=1S/C23H22N6O3/c1-16(31-19-10-6-3-7-11-19)23(30)28-13-12-18(14-28)29-15-20(25-27-29)22-24-21(26-32-22)17-8-4-2-5-9-17/h2-11,15-16,18H,12-14H2,1H3/t16-,18+/m1/s1. The van der Waals surface area contributed by atoms with Crippen molar-refractivity contribution < 1.29 is 14.1 Å². The second-order valence-electron chi connectivity index (χ2n) is 7.67. The van der Waals surface area contributed by atoms with Crippen LogP contribution < -0.4 is 4.74 Å². The Bertz CT molecular complexity index is 1190. The number of para-hydroxylation sites is 1. The summed E-state index contributed by atoms with van der Waals surface area (Å²) in [6.45, 7) is 2.96. The zero-order chi connectivity index (χ0) is 21.9. The summed E-state index contributed by atoms with van der Waals surface area (Å²) in [6, 6.07) is 19.0. The Hall–Kier alpha value is -4.01. The number of likely N-dealkylation sites (tertiary alicyclic amines) is 1. The van der Waals surface area contributed by atoms with E-state index >= 15 is 0 Å². The molecule has 0 spiro atoms. The Labute approximate surface area is 184 Å². The fourth-order valence-electron chi connectivity index (χ4n) is 3.75. The molecule has 5 rings (SSSR count). The molecule has 0 unspecified atom stereocenters. The first-order valence-corrected chi connectivity index (χ1v) is 10.5. The molecule has 1 saturated heterocycles. The Morgan fingerprint density at radius 3 is 2.66 bits per heavy atom. The summed E-state index contributed by atoms with van der Waals surface area (Å²) in [5, 5.41) is 12.4. The van der Waals surface area contributed by atoms with E-state index in [1.165, 1.54) is 0 Å². The molecule has 162 valence electrons. The minimum absolute atomic E-state index is 0.0284. The summed E-state index contributed by atoms with van der Waals surface area (Å²) in [4.78, 5) is 19.0. The van der Waals surface area contributed by atoms with Crippen LogP contribution in [0, 0.1) is 0 Å². The highest BCUT2D eigenvalue weighted by Crippen LogP contribution is 2.25. The van der Waals surface area contributed by atoms with Crippen molar-refractivity contribution in [2.45, 2.75) is 25.5 Å². The Morgan fingerprint density at radius 2 is 1.88 bits per heavy atom. The quantitative estimate of drug-likeness (QED) is 0.463. The lowest BCUT2D eigenvalue weighted by Crippen LogP contribution is -2.39. The van der Waals surface area contributed by atoms with Crippen LogP contribution in [-0.4, -0.2) is 55.1 Å². The Morgan fingerprint density at radius 1 is 1.12 bits per heavy atom. The van der Waals surface area contributed by atoms with Gasteiger partial charge in [0.1, 0.15) is 5.75 Å². The van der Waals surface area contributed by atoms with Crippen LogP contribution in [0.5, 0.6) is 5.75 Å². The molecule has 0 aliphatic carbocycles. The van der Waals surface area contributed by atoms with Gasteiger partial charge in [-0.3, -0.25) is 4.79 Å². The first-order chi connectivity index (χ1) is 15.7. The van der Waals surface area contributed by atoms with Crippen LogP contribution in [0.25, 0.3) is 23.0 Å². The van der Waals surface area contributed by atoms with Crippen molar-refractivity contribution in [1.82, 2.24) is 30.0 Å². The van der Waals surface area contributed by atoms with Gasteiger partial charge in [0.15, 0.2) is 11.8 Å². The van der Waals surface area contributed by atoms with Crippen molar-refractivity contribution in [2.75, 3.05) is 13.1 Å². The van der Waals surface area contributed by atoms with Crippen LogP contribution in [-0.2, 0) is 4.79 Å². The molecule has 0 saturated carbocycles. The number of benzene rings is 2. The molecular formula is C23H22N6O3. The molecule has 4 aromatic rings. The van der Waals surface area contributed by atoms with Crippen molar-refractivity contribution in [3.8, 4) is 28.7 Å². The fraction of sp³-hybridized carbons (Fsp3) is 0.261. The lowest BCUT2D eigenvalue weighted by molar-refractivity contribution is -0.136. The molecule has 9 nitrogen and oxygen atoms in total. The topological polar surface area (TPSA) is 99.2 Å². The van der Waals surface area contributed by atoms with Crippen molar-refractivity contribution >= 4 is 5.91 Å². The van der Waals surface area contributed by atoms with Gasteiger partial charge in [-0.2, -0.15) is 4.98 Å². The summed E-state index contributed by atoms with van der Waals surface area (Å²) in [5.41, 5.74) is 1.37. The maximum absolute atomic E-state index is 12.8. The molecule has 0 radical (unpaired) electrons. The van der Waals surface area contributed by atoms with Gasteiger partial charge in [-0.05, 0) is 25.5 Å². The average Bonchev–Trinajstić information content (AvgIpc) is 3.60. The summed E-state index contributed by atoms with van der Waals surface area (Å²) in [6.07, 6.45) is 2.01. The largest absolute Gasteiger partial charge is 0.481 e. The predicted molar refractivity (Wildman–Crippen MR) is 116 cm³/mol. The minimum Gasteiger partial charge on any atom is -0.481 e. The van der Waals surface area contributed by atoms with E-state index in [-0.39, 0.29) is 11.9 Å². The molecule has 2 aromatic carbocycles. The van der Waals surface area contributed by atoms with Crippen molar-refractivity contribution in [1.29, 1.82) is 0 Å². The van der Waals surface area contributed by atoms with Crippen molar-refractivity contribution in [3.05, 3.63) is 66.9 Å². The Kier molecular flexibility index (Phi) is 5.37. The first kappa shape index (κ1) is 19.9. The van der Waals surface area contributed by atoms with Gasteiger partial charge in [-0.15, -0.1) is 5.10 Å². The highest BCUT2D eigenvalue weighted by molar-refractivity contribution is 5.81. The van der Waals surface area contributed by atoms with E-state index in [0.717, 1.165) is 12.0 Å². The number of rotatable bonds is 6. The number of hydrogen-bond acceptors (Lipinski definition) is 7. The maximum Gasteiger partial charge on any atom is 0.280 e. The van der Waals surface area contributed by atoms with Gasteiger partial charge in [0.2, 0.25) is 5.82 Å². The first-order valence-electron chi connectivity index (χ1n) is 10.5. The normalized spacial score (nSPS) is 16.8. The van der Waals surface area contributed by atoms with Crippen molar-refractivity contribution in [2.24, 2.45) is 0 Å². The van der Waals surface area contributed by atoms with Crippen LogP contribution in [0.15, 0.2) is 71.4 Å². The van der Waals surface area contributed by atoms with Crippen LogP contribution in [0.4, 0.5) is 0 Å². The molecule has 2 aromatic heterocycles. The smallest absolute Gasteiger partial charge is 0.280 e. The lowest BCUT2D eigenvalue weighted by Gasteiger charge is -2.21. The van der Waals surface area contributed by atoms with E-state index in [0.29, 0.717) is 36.2 Å². The number of hydrogen-bond donors (Lipinski definition) is 0. The van der Waals surface area contributed by atoms with E-state index in [9.17, 15) is 4.79 Å². The molecular weight excluding hydrogens is 408 g/mol. The van der Waals surface area contributed by atoms with Gasteiger partial charge >= 0.3 is 0 Å². The average molecular weight is 430 g/mol. The Balaban J connectivity index is 1.23. The summed E-state index contributed by atoms with van der Waals surface area (Å²) >= 11 is 0. The van der Waals surface area contributed by atoms with Gasteiger partial charge in [0.05, 0.1) is 12.2 Å². The predicted octanol–water partition coefficient (Wildman–Crippen LogP) is 3.24. The number of carbonyl (C=O) groups excluding carboxylic acids is 1. The fourth-order valence-corrected chi connectivity index (χ4v) is 3.75. The van der Waals surface area contributed by atoms with Crippen LogP contribution >= 0.6 is 0 Å². The van der Waals surface area contributed by atoms with Gasteiger partial charge in [0.25, 0.3) is 11.8 Å². The zero-order valence-electron chi connectivity index (χ0n) is 17.5. The van der Waals surface area contributed by atoms with Crippen LogP contribution in [0.1, 0.15) is 19.4 Å². The maximum atomic E-state index is 12.8. The number of carbonyl (C=O) groups is 1. The van der Waals surface area contributed by atoms with Crippen molar-refractivity contribution in [3.63, 3.8) is 0 Å². The second-order valence-corrected chi connectivity index (χ2v) is 7.67. The molecule has 9 heteroatoms. The highest BCUT2D eigenvalue weighted by Gasteiger charge is 2.31. The SMILES string of the molecule is C[C@@H](Oc1ccccc1)C(=O)N1CC[C@H](n2cc(-c3nc(-c4ccccc4)no3)nn2)C1. The lowest BCUT2D eigenvalue weighted by atomic mass is 10.2. The molecule has 1 aliphatic rings. The van der Waals surface area contributed by atoms with Gasteiger partial charge in [-0.1, -0.05) is 58.9 Å². The molecule has 1 fully saturated rings. The number of ether oxygens (including phenoxy) is 1. The summed E-state index contributed by atoms with van der Waals surface area (Å²) < 4.78 is 12.9. The van der Waals surface area contributed by atoms with Gasteiger partial charge in [0, 0.05) is 18.7 Å². The number of nitrogens with zero attached hydrogens (tertiary/aromatic N) is 6. The van der Waals surface area contributed by atoms with Crippen LogP contribution in [0.3, 0.4) is 0 Å². The number of aromatic nitrogens is 5.